The molecule has 0 aliphatic carbocycles. The Morgan fingerprint density at radius 3 is 1.85 bits per heavy atom. The third kappa shape index (κ3) is 4.45. The van der Waals surface area contributed by atoms with Gasteiger partial charge in [0.1, 0.15) is 4.21 Å². The molecule has 6 heteroatoms. The second kappa shape index (κ2) is 7.51. The van der Waals surface area contributed by atoms with E-state index in [2.05, 4.69) is 36.0 Å². The monoisotopic (exact) mass is 386 g/mol. The highest BCUT2D eigenvalue weighted by Gasteiger charge is 2.16. The second-order valence-corrected chi connectivity index (χ2v) is 9.65. The normalized spacial score (nSPS) is 11.5. The molecule has 0 radical (unpaired) electrons. The standard InChI is InChI=1S/C20H22N2O2S2/c1-14(2)16-5-7-17(8-6-16)21-18-9-11-19(12-10-18)22-26(23,24)20-13-4-15(3)25-20/h4-14,21-22H,1-3H3. The molecule has 3 aromatic rings. The maximum Gasteiger partial charge on any atom is 0.271 e. The van der Waals surface area contributed by atoms with Crippen LogP contribution in [-0.2, 0) is 10.0 Å². The minimum atomic E-state index is -3.53. The summed E-state index contributed by atoms with van der Waals surface area (Å²) in [7, 11) is -3.53. The fourth-order valence-electron chi connectivity index (χ4n) is 2.50. The van der Waals surface area contributed by atoms with Crippen molar-refractivity contribution in [3.63, 3.8) is 0 Å². The van der Waals surface area contributed by atoms with Gasteiger partial charge in [0.25, 0.3) is 10.0 Å². The van der Waals surface area contributed by atoms with Crippen molar-refractivity contribution >= 4 is 38.4 Å². The van der Waals surface area contributed by atoms with Gasteiger partial charge in [-0.15, -0.1) is 11.3 Å². The highest BCUT2D eigenvalue weighted by Crippen LogP contribution is 2.25. The van der Waals surface area contributed by atoms with Gasteiger partial charge < -0.3 is 5.32 Å². The van der Waals surface area contributed by atoms with Gasteiger partial charge in [-0.3, -0.25) is 4.72 Å². The lowest BCUT2D eigenvalue weighted by molar-refractivity contribution is 0.603. The predicted molar refractivity (Wildman–Crippen MR) is 110 cm³/mol. The van der Waals surface area contributed by atoms with Gasteiger partial charge in [-0.2, -0.15) is 0 Å². The number of hydrogen-bond acceptors (Lipinski definition) is 4. The van der Waals surface area contributed by atoms with Gasteiger partial charge in [0.05, 0.1) is 0 Å². The Morgan fingerprint density at radius 2 is 1.35 bits per heavy atom. The van der Waals surface area contributed by atoms with E-state index >= 15 is 0 Å². The highest BCUT2D eigenvalue weighted by molar-refractivity contribution is 7.94. The summed E-state index contributed by atoms with van der Waals surface area (Å²) in [4.78, 5) is 0.966. The molecule has 1 heterocycles. The van der Waals surface area contributed by atoms with E-state index in [1.807, 2.05) is 31.2 Å². The second-order valence-electron chi connectivity index (χ2n) is 6.45. The van der Waals surface area contributed by atoms with Gasteiger partial charge in [0, 0.05) is 21.9 Å². The molecule has 3 rings (SSSR count). The molecule has 136 valence electrons. The zero-order chi connectivity index (χ0) is 18.7. The third-order valence-corrected chi connectivity index (χ3v) is 6.86. The summed E-state index contributed by atoms with van der Waals surface area (Å²) >= 11 is 1.26. The summed E-state index contributed by atoms with van der Waals surface area (Å²) in [5, 5.41) is 3.32. The number of benzene rings is 2. The van der Waals surface area contributed by atoms with Gasteiger partial charge in [0.15, 0.2) is 0 Å². The van der Waals surface area contributed by atoms with Crippen molar-refractivity contribution in [2.45, 2.75) is 30.9 Å². The molecule has 0 fully saturated rings. The molecule has 0 atom stereocenters. The number of anilines is 3. The van der Waals surface area contributed by atoms with E-state index in [9.17, 15) is 8.42 Å². The molecule has 0 bridgehead atoms. The highest BCUT2D eigenvalue weighted by atomic mass is 32.2. The Balaban J connectivity index is 1.68. The van der Waals surface area contributed by atoms with E-state index in [-0.39, 0.29) is 0 Å². The molecule has 4 nitrogen and oxygen atoms in total. The first-order valence-corrected chi connectivity index (χ1v) is 10.7. The summed E-state index contributed by atoms with van der Waals surface area (Å²) in [6.45, 7) is 6.22. The van der Waals surface area contributed by atoms with Crippen molar-refractivity contribution in [3.8, 4) is 0 Å². The first-order chi connectivity index (χ1) is 12.3. The Kier molecular flexibility index (Phi) is 5.34. The van der Waals surface area contributed by atoms with Gasteiger partial charge in [-0.05, 0) is 66.9 Å². The van der Waals surface area contributed by atoms with Crippen molar-refractivity contribution in [1.29, 1.82) is 0 Å². The van der Waals surface area contributed by atoms with Crippen LogP contribution in [0.5, 0.6) is 0 Å². The lowest BCUT2D eigenvalue weighted by Crippen LogP contribution is -2.11. The zero-order valence-electron chi connectivity index (χ0n) is 15.0. The minimum absolute atomic E-state index is 0.322. The molecular formula is C20H22N2O2S2. The van der Waals surface area contributed by atoms with Crippen LogP contribution < -0.4 is 10.0 Å². The van der Waals surface area contributed by atoms with Crippen LogP contribution >= 0.6 is 11.3 Å². The van der Waals surface area contributed by atoms with Crippen molar-refractivity contribution in [2.24, 2.45) is 0 Å². The molecular weight excluding hydrogens is 364 g/mol. The number of sulfonamides is 1. The fourth-order valence-corrected chi connectivity index (χ4v) is 4.84. The number of aryl methyl sites for hydroxylation is 1. The van der Waals surface area contributed by atoms with Crippen LogP contribution in [0.15, 0.2) is 64.9 Å². The van der Waals surface area contributed by atoms with Crippen LogP contribution in [0, 0.1) is 6.92 Å². The molecule has 0 amide bonds. The Morgan fingerprint density at radius 1 is 0.808 bits per heavy atom. The van der Waals surface area contributed by atoms with E-state index in [0.717, 1.165) is 16.3 Å². The van der Waals surface area contributed by atoms with Crippen LogP contribution in [0.4, 0.5) is 17.1 Å². The molecule has 0 unspecified atom stereocenters. The third-order valence-electron chi connectivity index (χ3n) is 3.98. The average Bonchev–Trinajstić information content (AvgIpc) is 3.04. The van der Waals surface area contributed by atoms with E-state index in [0.29, 0.717) is 15.8 Å². The Hall–Kier alpha value is -2.31. The summed E-state index contributed by atoms with van der Waals surface area (Å²) in [6, 6.07) is 19.0. The summed E-state index contributed by atoms with van der Waals surface area (Å²) in [6.07, 6.45) is 0. The predicted octanol–water partition coefficient (Wildman–Crippen LogP) is 5.72. The van der Waals surface area contributed by atoms with Crippen molar-refractivity contribution < 1.29 is 8.42 Å². The number of rotatable bonds is 6. The lowest BCUT2D eigenvalue weighted by atomic mass is 10.0. The lowest BCUT2D eigenvalue weighted by Gasteiger charge is -2.11. The Labute approximate surface area is 159 Å². The number of hydrogen-bond donors (Lipinski definition) is 2. The molecule has 0 spiro atoms. The maximum atomic E-state index is 12.4. The van der Waals surface area contributed by atoms with E-state index in [1.165, 1.54) is 16.9 Å². The summed E-state index contributed by atoms with van der Waals surface area (Å²) in [5.74, 6) is 0.503. The molecule has 0 aliphatic rings. The molecule has 0 saturated heterocycles. The SMILES string of the molecule is Cc1ccc(S(=O)(=O)Nc2ccc(Nc3ccc(C(C)C)cc3)cc2)s1. The van der Waals surface area contributed by atoms with Gasteiger partial charge >= 0.3 is 0 Å². The first kappa shape index (κ1) is 18.5. The van der Waals surface area contributed by atoms with Crippen molar-refractivity contribution in [3.05, 3.63) is 71.1 Å². The number of nitrogens with one attached hydrogen (secondary N) is 2. The summed E-state index contributed by atoms with van der Waals surface area (Å²) in [5.41, 5.74) is 3.73. The molecule has 26 heavy (non-hydrogen) atoms. The maximum absolute atomic E-state index is 12.4. The van der Waals surface area contributed by atoms with Crippen LogP contribution in [0.3, 0.4) is 0 Å². The van der Waals surface area contributed by atoms with Crippen LogP contribution in [-0.4, -0.2) is 8.42 Å². The van der Waals surface area contributed by atoms with E-state index < -0.39 is 10.0 Å². The molecule has 1 aromatic heterocycles. The van der Waals surface area contributed by atoms with Crippen molar-refractivity contribution in [2.75, 3.05) is 10.0 Å². The summed E-state index contributed by atoms with van der Waals surface area (Å²) < 4.78 is 27.7. The van der Waals surface area contributed by atoms with Gasteiger partial charge in [-0.25, -0.2) is 8.42 Å². The van der Waals surface area contributed by atoms with Crippen molar-refractivity contribution in [1.82, 2.24) is 0 Å². The van der Waals surface area contributed by atoms with E-state index in [1.54, 1.807) is 24.3 Å². The number of thiophene rings is 1. The average molecular weight is 387 g/mol. The van der Waals surface area contributed by atoms with Gasteiger partial charge in [-0.1, -0.05) is 26.0 Å². The van der Waals surface area contributed by atoms with Crippen LogP contribution in [0.1, 0.15) is 30.2 Å². The van der Waals surface area contributed by atoms with Gasteiger partial charge in [0.2, 0.25) is 0 Å². The van der Waals surface area contributed by atoms with E-state index in [4.69, 9.17) is 0 Å². The molecule has 2 N–H and O–H groups in total. The fraction of sp³-hybridized carbons (Fsp3) is 0.200. The molecule has 0 saturated carbocycles. The van der Waals surface area contributed by atoms with Crippen LogP contribution in [0.2, 0.25) is 0 Å². The molecule has 0 aliphatic heterocycles. The largest absolute Gasteiger partial charge is 0.356 e. The molecule has 2 aromatic carbocycles. The zero-order valence-corrected chi connectivity index (χ0v) is 16.6. The van der Waals surface area contributed by atoms with Crippen LogP contribution in [0.25, 0.3) is 0 Å². The quantitative estimate of drug-likeness (QED) is 0.569. The Bertz CT molecular complexity index is 973. The smallest absolute Gasteiger partial charge is 0.271 e. The minimum Gasteiger partial charge on any atom is -0.356 e. The first-order valence-electron chi connectivity index (χ1n) is 8.40. The topological polar surface area (TPSA) is 58.2 Å².